The van der Waals surface area contributed by atoms with E-state index in [1.807, 2.05) is 0 Å². The molecule has 0 spiro atoms. The van der Waals surface area contributed by atoms with Gasteiger partial charge in [0.05, 0.1) is 13.1 Å². The standard InChI is InChI=1S/C12H10F5N3O/c13-8-1-7(2-9(14)4-8)3-10-19-11(21-20-10)5-18-6-12(15,16)17/h1-2,4,18H,3,5-6H2. The summed E-state index contributed by atoms with van der Waals surface area (Å²) in [6.45, 7) is -1.43. The summed E-state index contributed by atoms with van der Waals surface area (Å²) >= 11 is 0. The molecule has 0 aliphatic carbocycles. The predicted molar refractivity (Wildman–Crippen MR) is 61.2 cm³/mol. The summed E-state index contributed by atoms with van der Waals surface area (Å²) in [5.74, 6) is -1.38. The van der Waals surface area contributed by atoms with E-state index in [-0.39, 0.29) is 24.7 Å². The van der Waals surface area contributed by atoms with Crippen molar-refractivity contribution in [2.45, 2.75) is 19.1 Å². The fraction of sp³-hybridized carbons (Fsp3) is 0.333. The first-order valence-electron chi connectivity index (χ1n) is 5.86. The maximum Gasteiger partial charge on any atom is 0.401 e. The lowest BCUT2D eigenvalue weighted by molar-refractivity contribution is -0.125. The van der Waals surface area contributed by atoms with Gasteiger partial charge in [-0.05, 0) is 17.7 Å². The van der Waals surface area contributed by atoms with Gasteiger partial charge in [-0.1, -0.05) is 5.16 Å². The molecule has 0 aliphatic heterocycles. The van der Waals surface area contributed by atoms with Gasteiger partial charge in [-0.3, -0.25) is 0 Å². The lowest BCUT2D eigenvalue weighted by Crippen LogP contribution is -2.28. The molecule has 0 atom stereocenters. The van der Waals surface area contributed by atoms with E-state index in [0.29, 0.717) is 5.56 Å². The largest absolute Gasteiger partial charge is 0.401 e. The zero-order valence-electron chi connectivity index (χ0n) is 10.5. The van der Waals surface area contributed by atoms with Gasteiger partial charge >= 0.3 is 6.18 Å². The van der Waals surface area contributed by atoms with Crippen LogP contribution in [0.25, 0.3) is 0 Å². The molecule has 1 N–H and O–H groups in total. The summed E-state index contributed by atoms with van der Waals surface area (Å²) < 4.78 is 66.5. The number of alkyl halides is 3. The smallest absolute Gasteiger partial charge is 0.338 e. The van der Waals surface area contributed by atoms with Gasteiger partial charge in [0.2, 0.25) is 5.89 Å². The van der Waals surface area contributed by atoms with E-state index in [2.05, 4.69) is 15.5 Å². The van der Waals surface area contributed by atoms with Crippen LogP contribution in [0.2, 0.25) is 0 Å². The third-order valence-electron chi connectivity index (χ3n) is 2.40. The molecular formula is C12H10F5N3O. The minimum Gasteiger partial charge on any atom is -0.338 e. The van der Waals surface area contributed by atoms with Gasteiger partial charge < -0.3 is 9.84 Å². The molecule has 0 bridgehead atoms. The molecule has 21 heavy (non-hydrogen) atoms. The molecule has 9 heteroatoms. The monoisotopic (exact) mass is 307 g/mol. The van der Waals surface area contributed by atoms with Crippen LogP contribution in [0.5, 0.6) is 0 Å². The molecule has 1 heterocycles. The normalized spacial score (nSPS) is 11.9. The van der Waals surface area contributed by atoms with Crippen molar-refractivity contribution in [3.8, 4) is 0 Å². The number of hydrogen-bond acceptors (Lipinski definition) is 4. The highest BCUT2D eigenvalue weighted by Gasteiger charge is 2.26. The zero-order valence-corrected chi connectivity index (χ0v) is 10.5. The van der Waals surface area contributed by atoms with Gasteiger partial charge in [0, 0.05) is 12.5 Å². The van der Waals surface area contributed by atoms with Crippen molar-refractivity contribution in [3.63, 3.8) is 0 Å². The van der Waals surface area contributed by atoms with E-state index in [9.17, 15) is 22.0 Å². The highest BCUT2D eigenvalue weighted by Crippen LogP contribution is 2.13. The fourth-order valence-electron chi connectivity index (χ4n) is 1.64. The Morgan fingerprint density at radius 3 is 2.38 bits per heavy atom. The molecular weight excluding hydrogens is 297 g/mol. The zero-order chi connectivity index (χ0) is 15.5. The van der Waals surface area contributed by atoms with Crippen molar-refractivity contribution >= 4 is 0 Å². The van der Waals surface area contributed by atoms with Crippen LogP contribution in [0.4, 0.5) is 22.0 Å². The highest BCUT2D eigenvalue weighted by atomic mass is 19.4. The molecule has 0 radical (unpaired) electrons. The van der Waals surface area contributed by atoms with E-state index in [4.69, 9.17) is 4.52 Å². The first kappa shape index (κ1) is 15.4. The van der Waals surface area contributed by atoms with Crippen LogP contribution in [0.3, 0.4) is 0 Å². The van der Waals surface area contributed by atoms with Crippen molar-refractivity contribution in [1.82, 2.24) is 15.5 Å². The van der Waals surface area contributed by atoms with Crippen LogP contribution < -0.4 is 5.32 Å². The van der Waals surface area contributed by atoms with Crippen molar-refractivity contribution in [1.29, 1.82) is 0 Å². The topological polar surface area (TPSA) is 51.0 Å². The molecule has 1 aromatic heterocycles. The van der Waals surface area contributed by atoms with Crippen molar-refractivity contribution in [2.75, 3.05) is 6.54 Å². The molecule has 0 unspecified atom stereocenters. The van der Waals surface area contributed by atoms with Gasteiger partial charge in [-0.15, -0.1) is 0 Å². The average Bonchev–Trinajstić information content (AvgIpc) is 2.73. The van der Waals surface area contributed by atoms with E-state index < -0.39 is 24.4 Å². The first-order chi connectivity index (χ1) is 9.82. The summed E-state index contributed by atoms with van der Waals surface area (Å²) in [5.41, 5.74) is 0.295. The quantitative estimate of drug-likeness (QED) is 0.863. The van der Waals surface area contributed by atoms with Gasteiger partial charge in [-0.25, -0.2) is 8.78 Å². The Bertz CT molecular complexity index is 591. The van der Waals surface area contributed by atoms with Crippen molar-refractivity contribution < 1.29 is 26.5 Å². The first-order valence-corrected chi connectivity index (χ1v) is 5.86. The molecule has 2 rings (SSSR count). The van der Waals surface area contributed by atoms with Crippen LogP contribution in [-0.4, -0.2) is 22.9 Å². The third-order valence-corrected chi connectivity index (χ3v) is 2.40. The number of hydrogen-bond donors (Lipinski definition) is 1. The molecule has 1 aromatic carbocycles. The number of aromatic nitrogens is 2. The predicted octanol–water partition coefficient (Wildman–Crippen LogP) is 2.59. The van der Waals surface area contributed by atoms with Gasteiger partial charge in [0.1, 0.15) is 11.6 Å². The average molecular weight is 307 g/mol. The maximum absolute atomic E-state index is 13.0. The van der Waals surface area contributed by atoms with E-state index in [1.54, 1.807) is 0 Å². The molecule has 0 saturated carbocycles. The molecule has 0 fully saturated rings. The number of rotatable bonds is 5. The number of halogens is 5. The van der Waals surface area contributed by atoms with E-state index >= 15 is 0 Å². The van der Waals surface area contributed by atoms with Crippen molar-refractivity contribution in [2.24, 2.45) is 0 Å². The molecule has 0 amide bonds. The van der Waals surface area contributed by atoms with Crippen LogP contribution in [0.15, 0.2) is 22.7 Å². The second-order valence-electron chi connectivity index (χ2n) is 4.28. The van der Waals surface area contributed by atoms with Crippen molar-refractivity contribution in [3.05, 3.63) is 47.1 Å². The minimum atomic E-state index is -4.33. The Hall–Kier alpha value is -2.03. The molecule has 4 nitrogen and oxygen atoms in total. The maximum atomic E-state index is 13.0. The van der Waals surface area contributed by atoms with Crippen LogP contribution in [-0.2, 0) is 13.0 Å². The van der Waals surface area contributed by atoms with E-state index in [1.165, 1.54) is 0 Å². The molecule has 114 valence electrons. The number of benzene rings is 1. The summed E-state index contributed by atoms with van der Waals surface area (Å²) in [6.07, 6.45) is -4.32. The Balaban J connectivity index is 1.93. The summed E-state index contributed by atoms with van der Waals surface area (Å²) in [7, 11) is 0. The Kier molecular flexibility index (Phi) is 4.51. The Morgan fingerprint density at radius 2 is 1.76 bits per heavy atom. The number of nitrogens with zero attached hydrogens (tertiary/aromatic N) is 2. The lowest BCUT2D eigenvalue weighted by Gasteiger charge is -2.05. The molecule has 0 saturated heterocycles. The van der Waals surface area contributed by atoms with Crippen LogP contribution in [0, 0.1) is 11.6 Å². The lowest BCUT2D eigenvalue weighted by atomic mass is 10.1. The summed E-state index contributed by atoms with van der Waals surface area (Å²) in [6, 6.07) is 2.95. The second kappa shape index (κ2) is 6.17. The molecule has 0 aliphatic rings. The number of nitrogens with one attached hydrogen (secondary N) is 1. The molecule has 2 aromatic rings. The SMILES string of the molecule is Fc1cc(F)cc(Cc2noc(CNCC(F)(F)F)n2)c1. The minimum absolute atomic E-state index is 0.0114. The fourth-order valence-corrected chi connectivity index (χ4v) is 1.64. The van der Waals surface area contributed by atoms with Crippen LogP contribution >= 0.6 is 0 Å². The Morgan fingerprint density at radius 1 is 1.10 bits per heavy atom. The summed E-state index contributed by atoms with van der Waals surface area (Å²) in [5, 5.41) is 5.63. The Labute approximate surface area is 116 Å². The third kappa shape index (κ3) is 5.10. The van der Waals surface area contributed by atoms with Gasteiger partial charge in [0.15, 0.2) is 5.82 Å². The van der Waals surface area contributed by atoms with E-state index in [0.717, 1.165) is 18.2 Å². The summed E-state index contributed by atoms with van der Waals surface area (Å²) in [4.78, 5) is 3.83. The van der Waals surface area contributed by atoms with Gasteiger partial charge in [0.25, 0.3) is 0 Å². The van der Waals surface area contributed by atoms with Crippen LogP contribution in [0.1, 0.15) is 17.3 Å². The second-order valence-corrected chi connectivity index (χ2v) is 4.28. The highest BCUT2D eigenvalue weighted by molar-refractivity contribution is 5.21. The van der Waals surface area contributed by atoms with Gasteiger partial charge in [-0.2, -0.15) is 18.2 Å².